The zero-order chi connectivity index (χ0) is 21.0. The molecule has 0 fully saturated rings. The Morgan fingerprint density at radius 1 is 1.28 bits per heavy atom. The molecule has 2 bridgehead atoms. The Balaban J connectivity index is 2.04. The van der Waals surface area contributed by atoms with Gasteiger partial charge in [0.05, 0.1) is 12.9 Å². The standard InChI is InChI=1S/C21H25N3O4S/c1-4-27-18-11-16(9-15-10-19(18)28-12-14(15)3)20(21(25)24-29(22)26)23-17-7-5-13(2)6-8-17/h5-9,11-12,20,23H,4,10,22H2,1-3H3,(H,24,25). The molecule has 154 valence electrons. The van der Waals surface area contributed by atoms with Gasteiger partial charge in [-0.1, -0.05) is 23.8 Å². The van der Waals surface area contributed by atoms with Crippen LogP contribution in [0.2, 0.25) is 0 Å². The molecule has 2 unspecified atom stereocenters. The number of allylic oxidation sites excluding steroid dienone is 3. The lowest BCUT2D eigenvalue weighted by atomic mass is 9.98. The van der Waals surface area contributed by atoms with Crippen molar-refractivity contribution in [3.8, 4) is 0 Å². The fourth-order valence-electron chi connectivity index (χ4n) is 3.09. The van der Waals surface area contributed by atoms with Crippen LogP contribution in [0.4, 0.5) is 5.69 Å². The Morgan fingerprint density at radius 2 is 2.00 bits per heavy atom. The highest BCUT2D eigenvalue weighted by molar-refractivity contribution is 7.81. The summed E-state index contributed by atoms with van der Waals surface area (Å²) in [6.07, 6.45) is 5.96. The number of nitrogens with one attached hydrogen (secondary N) is 2. The van der Waals surface area contributed by atoms with Crippen molar-refractivity contribution in [2.75, 3.05) is 11.9 Å². The molecule has 2 aliphatic rings. The van der Waals surface area contributed by atoms with Gasteiger partial charge in [-0.3, -0.25) is 9.52 Å². The number of carbonyl (C=O) groups is 1. The number of amides is 1. The summed E-state index contributed by atoms with van der Waals surface area (Å²) in [7, 11) is 0. The maximum Gasteiger partial charge on any atom is 0.259 e. The smallest absolute Gasteiger partial charge is 0.259 e. The molecule has 7 nitrogen and oxygen atoms in total. The second-order valence-corrected chi connectivity index (χ2v) is 7.64. The number of benzene rings is 1. The predicted octanol–water partition coefficient (Wildman–Crippen LogP) is 2.87. The average molecular weight is 416 g/mol. The molecule has 8 heteroatoms. The molecule has 1 amide bonds. The Hall–Kier alpha value is -2.84. The molecule has 1 aliphatic carbocycles. The van der Waals surface area contributed by atoms with Gasteiger partial charge in [-0.15, -0.1) is 0 Å². The van der Waals surface area contributed by atoms with E-state index in [1.54, 1.807) is 12.3 Å². The van der Waals surface area contributed by atoms with Gasteiger partial charge in [-0.25, -0.2) is 9.35 Å². The first kappa shape index (κ1) is 20.9. The molecule has 3 rings (SSSR count). The van der Waals surface area contributed by atoms with E-state index in [1.165, 1.54) is 0 Å². The lowest BCUT2D eigenvalue weighted by molar-refractivity contribution is -0.119. The maximum absolute atomic E-state index is 12.9. The van der Waals surface area contributed by atoms with E-state index in [9.17, 15) is 9.00 Å². The first-order chi connectivity index (χ1) is 13.9. The minimum Gasteiger partial charge on any atom is -0.490 e. The quantitative estimate of drug-likeness (QED) is 0.635. The normalized spacial score (nSPS) is 17.7. The highest BCUT2D eigenvalue weighted by atomic mass is 32.2. The van der Waals surface area contributed by atoms with Gasteiger partial charge >= 0.3 is 0 Å². The van der Waals surface area contributed by atoms with Gasteiger partial charge in [-0.2, -0.15) is 0 Å². The Kier molecular flexibility index (Phi) is 6.56. The number of carbonyl (C=O) groups excluding carboxylic acids is 1. The third-order valence-electron chi connectivity index (χ3n) is 4.61. The summed E-state index contributed by atoms with van der Waals surface area (Å²) in [4.78, 5) is 12.9. The van der Waals surface area contributed by atoms with E-state index >= 15 is 0 Å². The van der Waals surface area contributed by atoms with Crippen molar-refractivity contribution in [2.45, 2.75) is 33.2 Å². The lowest BCUT2D eigenvalue weighted by Crippen LogP contribution is -2.43. The first-order valence-electron chi connectivity index (χ1n) is 9.29. The van der Waals surface area contributed by atoms with E-state index in [-0.39, 0.29) is 0 Å². The molecule has 0 saturated heterocycles. The van der Waals surface area contributed by atoms with Crippen LogP contribution in [0.15, 0.2) is 70.9 Å². The van der Waals surface area contributed by atoms with Gasteiger partial charge in [0.25, 0.3) is 5.91 Å². The van der Waals surface area contributed by atoms with Gasteiger partial charge < -0.3 is 14.8 Å². The Bertz CT molecular complexity index is 945. The molecule has 1 heterocycles. The fraction of sp³-hybridized carbons (Fsp3) is 0.286. The topological polar surface area (TPSA) is 103 Å². The first-order valence-corrected chi connectivity index (χ1v) is 10.5. The van der Waals surface area contributed by atoms with E-state index < -0.39 is 23.1 Å². The largest absolute Gasteiger partial charge is 0.490 e. The van der Waals surface area contributed by atoms with Crippen LogP contribution in [0.25, 0.3) is 0 Å². The molecule has 1 aromatic rings. The number of nitrogens with two attached hydrogens (primary N) is 1. The number of aryl methyl sites for hydroxylation is 1. The number of anilines is 1. The third kappa shape index (κ3) is 5.16. The van der Waals surface area contributed by atoms with Crippen molar-refractivity contribution >= 4 is 22.8 Å². The van der Waals surface area contributed by atoms with Crippen molar-refractivity contribution in [1.82, 2.24) is 4.72 Å². The van der Waals surface area contributed by atoms with Gasteiger partial charge in [0.2, 0.25) is 0 Å². The molecular weight excluding hydrogens is 390 g/mol. The van der Waals surface area contributed by atoms with Crippen molar-refractivity contribution in [2.24, 2.45) is 5.14 Å². The molecule has 29 heavy (non-hydrogen) atoms. The Labute approximate surface area is 173 Å². The molecule has 0 saturated carbocycles. The van der Waals surface area contributed by atoms with Gasteiger partial charge in [-0.05, 0) is 55.7 Å². The average Bonchev–Trinajstić information content (AvgIpc) is 2.81. The third-order valence-corrected chi connectivity index (χ3v) is 5.01. The van der Waals surface area contributed by atoms with Gasteiger partial charge in [0.1, 0.15) is 11.8 Å². The SMILES string of the molecule is CCOC1=C2CC(=CC(C(Nc3ccc(C)cc3)C(=O)NS(N)=O)=C1)C(C)=CO2. The number of fused-ring (bicyclic) bond motifs is 2. The zero-order valence-corrected chi connectivity index (χ0v) is 17.5. The van der Waals surface area contributed by atoms with Crippen molar-refractivity contribution in [3.63, 3.8) is 0 Å². The van der Waals surface area contributed by atoms with Crippen LogP contribution in [-0.2, 0) is 25.4 Å². The van der Waals surface area contributed by atoms with Crippen LogP contribution in [0, 0.1) is 6.92 Å². The van der Waals surface area contributed by atoms with E-state index in [1.807, 2.05) is 51.1 Å². The minimum atomic E-state index is -1.98. The van der Waals surface area contributed by atoms with Crippen molar-refractivity contribution < 1.29 is 18.5 Å². The van der Waals surface area contributed by atoms with Crippen LogP contribution in [0.1, 0.15) is 25.8 Å². The predicted molar refractivity (Wildman–Crippen MR) is 113 cm³/mol. The van der Waals surface area contributed by atoms with Crippen LogP contribution in [0.5, 0.6) is 0 Å². The van der Waals surface area contributed by atoms with Gasteiger partial charge in [0, 0.05) is 12.1 Å². The van der Waals surface area contributed by atoms with E-state index in [0.717, 1.165) is 22.4 Å². The Morgan fingerprint density at radius 3 is 2.66 bits per heavy atom. The summed E-state index contributed by atoms with van der Waals surface area (Å²) in [5.41, 5.74) is 4.49. The van der Waals surface area contributed by atoms with Crippen LogP contribution in [-0.4, -0.2) is 22.8 Å². The summed E-state index contributed by atoms with van der Waals surface area (Å²) in [5, 5.41) is 8.51. The maximum atomic E-state index is 12.9. The number of hydrogen-bond donors (Lipinski definition) is 3. The number of ether oxygens (including phenoxy) is 2. The molecule has 1 aliphatic heterocycles. The zero-order valence-electron chi connectivity index (χ0n) is 16.7. The highest BCUT2D eigenvalue weighted by Gasteiger charge is 2.28. The van der Waals surface area contributed by atoms with E-state index in [2.05, 4.69) is 10.0 Å². The molecular formula is C21H25N3O4S. The number of rotatable bonds is 7. The highest BCUT2D eigenvalue weighted by Crippen LogP contribution is 2.34. The summed E-state index contributed by atoms with van der Waals surface area (Å²) in [6.45, 7) is 6.28. The van der Waals surface area contributed by atoms with Crippen molar-refractivity contribution in [3.05, 3.63) is 76.5 Å². The molecule has 0 aromatic heterocycles. The van der Waals surface area contributed by atoms with E-state index in [0.29, 0.717) is 30.1 Å². The van der Waals surface area contributed by atoms with Gasteiger partial charge in [0.15, 0.2) is 16.9 Å². The summed E-state index contributed by atoms with van der Waals surface area (Å²) in [6, 6.07) is 6.82. The molecule has 2 atom stereocenters. The van der Waals surface area contributed by atoms with Crippen LogP contribution < -0.4 is 15.2 Å². The summed E-state index contributed by atoms with van der Waals surface area (Å²) in [5.74, 6) is 0.750. The van der Waals surface area contributed by atoms with Crippen LogP contribution in [0.3, 0.4) is 0 Å². The molecule has 4 N–H and O–H groups in total. The molecule has 0 spiro atoms. The van der Waals surface area contributed by atoms with Crippen molar-refractivity contribution in [1.29, 1.82) is 0 Å². The van der Waals surface area contributed by atoms with Crippen LogP contribution >= 0.6 is 0 Å². The number of hydrogen-bond acceptors (Lipinski definition) is 5. The summed E-state index contributed by atoms with van der Waals surface area (Å²) < 4.78 is 25.2. The molecule has 0 radical (unpaired) electrons. The monoisotopic (exact) mass is 415 g/mol. The summed E-state index contributed by atoms with van der Waals surface area (Å²) >= 11 is -1.98. The lowest BCUT2D eigenvalue weighted by Gasteiger charge is -2.21. The second kappa shape index (κ2) is 9.11. The fourth-order valence-corrected chi connectivity index (χ4v) is 3.41. The second-order valence-electron chi connectivity index (χ2n) is 6.84. The molecule has 1 aromatic carbocycles. The van der Waals surface area contributed by atoms with E-state index in [4.69, 9.17) is 14.6 Å². The minimum absolute atomic E-state index is 0.457.